The molecule has 2 fully saturated rings. The Morgan fingerprint density at radius 1 is 1.09 bits per heavy atom. The highest BCUT2D eigenvalue weighted by Crippen LogP contribution is 2.30. The minimum absolute atomic E-state index is 0.0724. The molecule has 0 unspecified atom stereocenters. The molecule has 2 saturated heterocycles. The number of nitrogens with one attached hydrogen (secondary N) is 2. The number of piperidine rings is 1. The highest BCUT2D eigenvalue weighted by atomic mass is 35.5. The van der Waals surface area contributed by atoms with Gasteiger partial charge >= 0.3 is 12.0 Å². The van der Waals surface area contributed by atoms with E-state index in [1.54, 1.807) is 17.3 Å². The average molecular weight is 681 g/mol. The first kappa shape index (κ1) is 32.9. The number of aryl methyl sites for hydroxylation is 1. The van der Waals surface area contributed by atoms with Crippen LogP contribution in [0.1, 0.15) is 38.4 Å². The first-order valence-electron chi connectivity index (χ1n) is 14.8. The molecule has 4 heterocycles. The van der Waals surface area contributed by atoms with Crippen LogP contribution in [0.2, 0.25) is 10.0 Å². The van der Waals surface area contributed by atoms with Crippen molar-refractivity contribution in [3.05, 3.63) is 52.5 Å². The van der Waals surface area contributed by atoms with Crippen molar-refractivity contribution in [2.75, 3.05) is 26.2 Å². The fourth-order valence-corrected chi connectivity index (χ4v) is 8.34. The third kappa shape index (κ3) is 7.35. The van der Waals surface area contributed by atoms with Gasteiger partial charge in [0.25, 0.3) is 0 Å². The number of sulfonamides is 1. The smallest absolute Gasteiger partial charge is 0.328 e. The van der Waals surface area contributed by atoms with Crippen LogP contribution in [0.3, 0.4) is 0 Å². The van der Waals surface area contributed by atoms with E-state index < -0.39 is 40.0 Å². The van der Waals surface area contributed by atoms with Crippen molar-refractivity contribution in [3.8, 4) is 0 Å². The summed E-state index contributed by atoms with van der Waals surface area (Å²) >= 11 is 12.0. The molecule has 0 bridgehead atoms. The minimum Gasteiger partial charge on any atom is -0.480 e. The number of fused-ring (bicyclic) bond motifs is 1. The molecule has 0 aliphatic carbocycles. The van der Waals surface area contributed by atoms with Gasteiger partial charge in [0, 0.05) is 48.8 Å². The number of urea groups is 1. The van der Waals surface area contributed by atoms with E-state index in [2.05, 4.69) is 32.1 Å². The number of carbonyl (C=O) groups excluding carboxylic acids is 2. The number of benzene rings is 1. The predicted octanol–water partition coefficient (Wildman–Crippen LogP) is 3.14. The van der Waals surface area contributed by atoms with Crippen molar-refractivity contribution in [1.29, 1.82) is 0 Å². The summed E-state index contributed by atoms with van der Waals surface area (Å²) in [6, 6.07) is 2.84. The average Bonchev–Trinajstić information content (AvgIpc) is 3.65. The van der Waals surface area contributed by atoms with E-state index >= 15 is 0 Å². The molecular weight excluding hydrogens is 645 g/mol. The zero-order valence-corrected chi connectivity index (χ0v) is 27.0. The van der Waals surface area contributed by atoms with Crippen LogP contribution in [0.4, 0.5) is 4.79 Å². The lowest BCUT2D eigenvalue weighted by molar-refractivity contribution is -0.142. The number of carbonyl (C=O) groups is 3. The summed E-state index contributed by atoms with van der Waals surface area (Å²) in [6.07, 6.45) is 6.45. The van der Waals surface area contributed by atoms with Crippen LogP contribution in [0.5, 0.6) is 0 Å². The van der Waals surface area contributed by atoms with Gasteiger partial charge in [-0.2, -0.15) is 4.31 Å². The number of hydrogen-bond acceptors (Lipinski definition) is 7. The molecule has 3 amide bonds. The van der Waals surface area contributed by atoms with E-state index in [9.17, 15) is 27.9 Å². The van der Waals surface area contributed by atoms with Crippen LogP contribution < -0.4 is 10.6 Å². The Labute approximate surface area is 270 Å². The number of aromatic nitrogens is 3. The summed E-state index contributed by atoms with van der Waals surface area (Å²) < 4.78 is 29.9. The molecular formula is C29H35Cl2N7O6S. The van der Waals surface area contributed by atoms with Gasteiger partial charge in [-0.05, 0) is 55.9 Å². The quantitative estimate of drug-likeness (QED) is 0.294. The van der Waals surface area contributed by atoms with Crippen LogP contribution in [-0.2, 0) is 32.6 Å². The minimum atomic E-state index is -4.14. The number of likely N-dealkylation sites (tertiary alicyclic amines) is 1. The van der Waals surface area contributed by atoms with E-state index in [4.69, 9.17) is 23.2 Å². The van der Waals surface area contributed by atoms with E-state index in [1.165, 1.54) is 18.2 Å². The third-order valence-corrected chi connectivity index (χ3v) is 10.6. The molecule has 16 heteroatoms. The maximum absolute atomic E-state index is 13.3. The van der Waals surface area contributed by atoms with Crippen LogP contribution in [0, 0.1) is 5.92 Å². The first-order chi connectivity index (χ1) is 21.5. The molecule has 0 spiro atoms. The Balaban J connectivity index is 1.15. The molecule has 3 aromatic rings. The van der Waals surface area contributed by atoms with Crippen molar-refractivity contribution < 1.29 is 27.9 Å². The summed E-state index contributed by atoms with van der Waals surface area (Å²) in [5, 5.41) is 15.1. The standard InChI is InChI=1S/C29H35Cl2N7O6S/c1-2-26-34-22-15-32-8-5-24(22)37(26)17-18-6-10-36(11-7-18)29(42)33-16-23(28(40)41)35-27(39)25-4-3-9-38(25)45(43,44)21-13-19(30)12-20(31)14-21/h5,8,12-15,18,23,25H,2-4,6-7,9-11,16-17H2,1H3,(H,33,42)(H,35,39)(H,40,41)/t23-,25+/m0/s1. The molecule has 2 aliphatic rings. The van der Waals surface area contributed by atoms with Gasteiger partial charge in [-0.3, -0.25) is 9.78 Å². The Hall–Kier alpha value is -3.46. The number of carboxylic acid groups (broad SMARTS) is 1. The number of carboxylic acids is 1. The Morgan fingerprint density at radius 2 is 1.80 bits per heavy atom. The zero-order chi connectivity index (χ0) is 32.3. The maximum Gasteiger partial charge on any atom is 0.328 e. The van der Waals surface area contributed by atoms with Gasteiger partial charge in [0.15, 0.2) is 0 Å². The van der Waals surface area contributed by atoms with Crippen molar-refractivity contribution in [3.63, 3.8) is 0 Å². The first-order valence-corrected chi connectivity index (χ1v) is 17.0. The van der Waals surface area contributed by atoms with Gasteiger partial charge in [0.2, 0.25) is 15.9 Å². The highest BCUT2D eigenvalue weighted by molar-refractivity contribution is 7.89. The molecule has 2 aromatic heterocycles. The highest BCUT2D eigenvalue weighted by Gasteiger charge is 2.41. The molecule has 242 valence electrons. The third-order valence-electron chi connectivity index (χ3n) is 8.31. The molecule has 5 rings (SSSR count). The van der Waals surface area contributed by atoms with Crippen LogP contribution in [0.25, 0.3) is 11.0 Å². The van der Waals surface area contributed by atoms with Crippen molar-refractivity contribution in [1.82, 2.24) is 34.4 Å². The number of hydrogen-bond donors (Lipinski definition) is 3. The fourth-order valence-electron chi connectivity index (χ4n) is 5.95. The second-order valence-corrected chi connectivity index (χ2v) is 14.0. The number of nitrogens with zero attached hydrogens (tertiary/aromatic N) is 5. The monoisotopic (exact) mass is 679 g/mol. The second-order valence-electron chi connectivity index (χ2n) is 11.3. The normalized spacial score (nSPS) is 18.6. The number of imidazole rings is 1. The summed E-state index contributed by atoms with van der Waals surface area (Å²) in [5.41, 5.74) is 1.90. The molecule has 0 radical (unpaired) electrons. The number of amides is 3. The second kappa shape index (κ2) is 13.9. The predicted molar refractivity (Wildman–Crippen MR) is 168 cm³/mol. The van der Waals surface area contributed by atoms with Gasteiger partial charge in [-0.25, -0.2) is 23.0 Å². The molecule has 2 aliphatic heterocycles. The number of halogens is 2. The van der Waals surface area contributed by atoms with Crippen molar-refractivity contribution in [2.45, 2.75) is 62.6 Å². The van der Waals surface area contributed by atoms with Gasteiger partial charge in [0.05, 0.1) is 23.2 Å². The Morgan fingerprint density at radius 3 is 2.47 bits per heavy atom. The number of pyridine rings is 1. The van der Waals surface area contributed by atoms with E-state index in [-0.39, 0.29) is 34.5 Å². The molecule has 0 saturated carbocycles. The molecule has 2 atom stereocenters. The molecule has 13 nitrogen and oxygen atoms in total. The van der Waals surface area contributed by atoms with E-state index in [0.717, 1.165) is 47.0 Å². The Bertz CT molecular complexity index is 1670. The van der Waals surface area contributed by atoms with Crippen molar-refractivity contribution in [2.24, 2.45) is 5.92 Å². The fraction of sp³-hybridized carbons (Fsp3) is 0.483. The van der Waals surface area contributed by atoms with Crippen molar-refractivity contribution >= 4 is 62.2 Å². The number of aliphatic carboxylic acids is 1. The van der Waals surface area contributed by atoms with E-state index in [0.29, 0.717) is 25.4 Å². The summed E-state index contributed by atoms with van der Waals surface area (Å²) in [7, 11) is -4.14. The molecule has 1 aromatic carbocycles. The summed E-state index contributed by atoms with van der Waals surface area (Å²) in [4.78, 5) is 48.4. The zero-order valence-electron chi connectivity index (χ0n) is 24.7. The van der Waals surface area contributed by atoms with E-state index in [1.807, 2.05) is 6.07 Å². The molecule has 3 N–H and O–H groups in total. The Kier molecular flexibility index (Phi) is 10.2. The lowest BCUT2D eigenvalue weighted by Gasteiger charge is -2.33. The van der Waals surface area contributed by atoms with Gasteiger partial charge in [-0.15, -0.1) is 0 Å². The number of rotatable bonds is 10. The van der Waals surface area contributed by atoms with Gasteiger partial charge < -0.3 is 25.2 Å². The topological polar surface area (TPSA) is 167 Å². The van der Waals surface area contributed by atoms with Crippen LogP contribution in [0.15, 0.2) is 41.6 Å². The lowest BCUT2D eigenvalue weighted by atomic mass is 9.96. The summed E-state index contributed by atoms with van der Waals surface area (Å²) in [5.74, 6) is -0.788. The van der Waals surface area contributed by atoms with Crippen LogP contribution >= 0.6 is 23.2 Å². The maximum atomic E-state index is 13.3. The summed E-state index contributed by atoms with van der Waals surface area (Å²) in [6.45, 7) is 3.55. The largest absolute Gasteiger partial charge is 0.480 e. The van der Waals surface area contributed by atoms with Crippen LogP contribution in [-0.4, -0.2) is 93.4 Å². The molecule has 45 heavy (non-hydrogen) atoms. The van der Waals surface area contributed by atoms with Gasteiger partial charge in [-0.1, -0.05) is 30.1 Å². The lowest BCUT2D eigenvalue weighted by Crippen LogP contribution is -2.55. The SMILES string of the molecule is CCc1nc2cnccc2n1CC1CCN(C(=O)NC[C@H](NC(=O)[C@H]2CCCN2S(=O)(=O)c2cc(Cl)cc(Cl)c2)C(=O)O)CC1. The van der Waals surface area contributed by atoms with Gasteiger partial charge in [0.1, 0.15) is 23.4 Å².